The van der Waals surface area contributed by atoms with Gasteiger partial charge in [0.2, 0.25) is 0 Å². The number of ketones is 1. The molecule has 0 atom stereocenters. The Labute approximate surface area is 93.6 Å². The summed E-state index contributed by atoms with van der Waals surface area (Å²) in [6.07, 6.45) is 6.20. The third-order valence-electron chi connectivity index (χ3n) is 2.54. The van der Waals surface area contributed by atoms with Gasteiger partial charge in [0, 0.05) is 12.0 Å². The molecule has 0 saturated heterocycles. The van der Waals surface area contributed by atoms with Gasteiger partial charge in [0.1, 0.15) is 0 Å². The second kappa shape index (κ2) is 7.22. The van der Waals surface area contributed by atoms with Crippen molar-refractivity contribution in [1.29, 1.82) is 0 Å². The van der Waals surface area contributed by atoms with E-state index >= 15 is 0 Å². The molecule has 0 N–H and O–H groups in total. The molecule has 0 aliphatic carbocycles. The molecule has 0 aliphatic heterocycles. The van der Waals surface area contributed by atoms with E-state index < -0.39 is 0 Å². The van der Waals surface area contributed by atoms with Gasteiger partial charge in [-0.2, -0.15) is 0 Å². The summed E-state index contributed by atoms with van der Waals surface area (Å²) in [5.41, 5.74) is 3.13. The van der Waals surface area contributed by atoms with Crippen molar-refractivity contribution in [3.63, 3.8) is 0 Å². The molecule has 0 aromatic rings. The van der Waals surface area contributed by atoms with E-state index in [-0.39, 0.29) is 5.78 Å². The lowest BCUT2D eigenvalue weighted by molar-refractivity contribution is -0.115. The molecule has 0 fully saturated rings. The number of carbonyl (C=O) groups excluding carboxylic acids is 1. The summed E-state index contributed by atoms with van der Waals surface area (Å²) in [6, 6.07) is 0. The fourth-order valence-corrected chi connectivity index (χ4v) is 1.34. The quantitative estimate of drug-likeness (QED) is 0.470. The fraction of sp³-hybridized carbons (Fsp3) is 0.500. The van der Waals surface area contributed by atoms with Crippen molar-refractivity contribution in [1.82, 2.24) is 0 Å². The molecule has 0 aliphatic rings. The van der Waals surface area contributed by atoms with Crippen molar-refractivity contribution < 1.29 is 4.79 Å². The Morgan fingerprint density at radius 2 is 1.73 bits per heavy atom. The molecule has 15 heavy (non-hydrogen) atoms. The van der Waals surface area contributed by atoms with E-state index in [1.165, 1.54) is 5.57 Å². The highest BCUT2D eigenvalue weighted by Gasteiger charge is 2.08. The number of rotatable bonds is 6. The first kappa shape index (κ1) is 13.9. The first-order valence-electron chi connectivity index (χ1n) is 5.66. The van der Waals surface area contributed by atoms with Gasteiger partial charge < -0.3 is 0 Å². The van der Waals surface area contributed by atoms with Crippen LogP contribution >= 0.6 is 0 Å². The topological polar surface area (TPSA) is 17.1 Å². The normalized spacial score (nSPS) is 13.5. The van der Waals surface area contributed by atoms with Crippen LogP contribution in [0.3, 0.4) is 0 Å². The van der Waals surface area contributed by atoms with Gasteiger partial charge in [-0.25, -0.2) is 0 Å². The molecule has 0 rings (SSSR count). The molecule has 0 bridgehead atoms. The van der Waals surface area contributed by atoms with Crippen LogP contribution in [0.5, 0.6) is 0 Å². The minimum Gasteiger partial charge on any atom is -0.294 e. The zero-order valence-electron chi connectivity index (χ0n) is 10.4. The Morgan fingerprint density at radius 3 is 2.07 bits per heavy atom. The van der Waals surface area contributed by atoms with E-state index in [2.05, 4.69) is 27.4 Å². The molecular formula is C14H22O. The van der Waals surface area contributed by atoms with Gasteiger partial charge in [0.05, 0.1) is 0 Å². The van der Waals surface area contributed by atoms with Crippen molar-refractivity contribution in [2.24, 2.45) is 0 Å². The van der Waals surface area contributed by atoms with E-state index in [1.54, 1.807) is 6.08 Å². The van der Waals surface area contributed by atoms with Crippen LogP contribution in [0.15, 0.2) is 35.5 Å². The summed E-state index contributed by atoms with van der Waals surface area (Å²) in [7, 11) is 0. The largest absolute Gasteiger partial charge is 0.294 e. The lowest BCUT2D eigenvalue weighted by Gasteiger charge is -2.06. The highest BCUT2D eigenvalue weighted by molar-refractivity contribution is 5.99. The maximum Gasteiger partial charge on any atom is 0.162 e. The lowest BCUT2D eigenvalue weighted by Crippen LogP contribution is -2.02. The molecule has 0 radical (unpaired) electrons. The second-order valence-electron chi connectivity index (χ2n) is 3.62. The van der Waals surface area contributed by atoms with Crippen LogP contribution < -0.4 is 0 Å². The number of carbonyl (C=O) groups is 1. The van der Waals surface area contributed by atoms with Crippen molar-refractivity contribution in [2.45, 2.75) is 47.0 Å². The first-order chi connectivity index (χ1) is 7.10. The summed E-state index contributed by atoms with van der Waals surface area (Å²) >= 11 is 0. The van der Waals surface area contributed by atoms with Crippen LogP contribution in [-0.2, 0) is 4.79 Å². The molecule has 0 spiro atoms. The van der Waals surface area contributed by atoms with E-state index in [0.717, 1.165) is 24.0 Å². The molecule has 0 aromatic carbocycles. The Morgan fingerprint density at radius 1 is 1.13 bits per heavy atom. The molecular weight excluding hydrogens is 184 g/mol. The SMILES string of the molecule is C=C/C(CC)=C(\C=C(/C)CC)C(=O)CC. The predicted octanol–water partition coefficient (Wildman–Crippen LogP) is 4.21. The van der Waals surface area contributed by atoms with Gasteiger partial charge >= 0.3 is 0 Å². The highest BCUT2D eigenvalue weighted by Crippen LogP contribution is 2.16. The van der Waals surface area contributed by atoms with E-state index in [9.17, 15) is 4.79 Å². The third-order valence-corrected chi connectivity index (χ3v) is 2.54. The van der Waals surface area contributed by atoms with Crippen molar-refractivity contribution in [2.75, 3.05) is 0 Å². The lowest BCUT2D eigenvalue weighted by atomic mass is 9.97. The fourth-order valence-electron chi connectivity index (χ4n) is 1.34. The molecule has 0 aromatic heterocycles. The van der Waals surface area contributed by atoms with Crippen LogP contribution in [0.2, 0.25) is 0 Å². The molecule has 0 amide bonds. The number of hydrogen-bond acceptors (Lipinski definition) is 1. The summed E-state index contributed by atoms with van der Waals surface area (Å²) in [5, 5.41) is 0. The van der Waals surface area contributed by atoms with E-state index in [1.807, 2.05) is 13.0 Å². The number of hydrogen-bond donors (Lipinski definition) is 0. The van der Waals surface area contributed by atoms with Gasteiger partial charge in [-0.05, 0) is 25.3 Å². The summed E-state index contributed by atoms with van der Waals surface area (Å²) in [6.45, 7) is 11.9. The van der Waals surface area contributed by atoms with Gasteiger partial charge in [-0.15, -0.1) is 0 Å². The molecule has 0 heterocycles. The maximum atomic E-state index is 11.8. The third kappa shape index (κ3) is 4.28. The average Bonchev–Trinajstić information content (AvgIpc) is 2.27. The summed E-state index contributed by atoms with van der Waals surface area (Å²) < 4.78 is 0. The zero-order valence-corrected chi connectivity index (χ0v) is 10.4. The average molecular weight is 206 g/mol. The minimum absolute atomic E-state index is 0.208. The van der Waals surface area contributed by atoms with Crippen LogP contribution in [-0.4, -0.2) is 5.78 Å². The van der Waals surface area contributed by atoms with Crippen LogP contribution in [0, 0.1) is 0 Å². The number of allylic oxidation sites excluding steroid dienone is 5. The maximum absolute atomic E-state index is 11.8. The van der Waals surface area contributed by atoms with Crippen LogP contribution in [0.25, 0.3) is 0 Å². The molecule has 0 unspecified atom stereocenters. The molecule has 0 saturated carbocycles. The summed E-state index contributed by atoms with van der Waals surface area (Å²) in [4.78, 5) is 11.8. The Kier molecular flexibility index (Phi) is 6.68. The smallest absolute Gasteiger partial charge is 0.162 e. The monoisotopic (exact) mass is 206 g/mol. The Bertz CT molecular complexity index is 292. The minimum atomic E-state index is 0.208. The standard InChI is InChI=1S/C14H22O/c1-6-11(5)10-13(14(15)9-4)12(7-2)8-3/h7,10H,2,6,8-9H2,1,3-5H3/b11-10+,13-12-. The second-order valence-corrected chi connectivity index (χ2v) is 3.62. The van der Waals surface area contributed by atoms with Crippen molar-refractivity contribution in [3.05, 3.63) is 35.5 Å². The van der Waals surface area contributed by atoms with Crippen LogP contribution in [0.1, 0.15) is 47.0 Å². The van der Waals surface area contributed by atoms with E-state index in [0.29, 0.717) is 6.42 Å². The Balaban J connectivity index is 5.31. The molecule has 84 valence electrons. The highest BCUT2D eigenvalue weighted by atomic mass is 16.1. The summed E-state index contributed by atoms with van der Waals surface area (Å²) in [5.74, 6) is 0.208. The Hall–Kier alpha value is -1.11. The van der Waals surface area contributed by atoms with Crippen LogP contribution in [0.4, 0.5) is 0 Å². The van der Waals surface area contributed by atoms with Crippen molar-refractivity contribution in [3.8, 4) is 0 Å². The van der Waals surface area contributed by atoms with Gasteiger partial charge in [0.15, 0.2) is 5.78 Å². The molecule has 1 heteroatoms. The van der Waals surface area contributed by atoms with Gasteiger partial charge in [-0.1, -0.05) is 45.1 Å². The molecule has 1 nitrogen and oxygen atoms in total. The van der Waals surface area contributed by atoms with Gasteiger partial charge in [-0.3, -0.25) is 4.79 Å². The zero-order chi connectivity index (χ0) is 11.8. The van der Waals surface area contributed by atoms with Gasteiger partial charge in [0.25, 0.3) is 0 Å². The first-order valence-corrected chi connectivity index (χ1v) is 5.66. The van der Waals surface area contributed by atoms with Crippen molar-refractivity contribution >= 4 is 5.78 Å². The predicted molar refractivity (Wildman–Crippen MR) is 66.9 cm³/mol. The van der Waals surface area contributed by atoms with E-state index in [4.69, 9.17) is 0 Å². The number of Topliss-reactive ketones (excluding diaryl/α,β-unsaturated/α-hetero) is 1.